The topological polar surface area (TPSA) is 49.4 Å². The number of anilines is 1. The van der Waals surface area contributed by atoms with E-state index in [2.05, 4.69) is 21.2 Å². The summed E-state index contributed by atoms with van der Waals surface area (Å²) in [6.07, 6.45) is 0. The van der Waals surface area contributed by atoms with E-state index in [0.717, 1.165) is 0 Å². The summed E-state index contributed by atoms with van der Waals surface area (Å²) in [6, 6.07) is 10.9. The molecule has 0 aliphatic heterocycles. The third-order valence-corrected chi connectivity index (χ3v) is 4.09. The molecule has 2 aromatic carbocycles. The molecule has 24 heavy (non-hydrogen) atoms. The Balaban J connectivity index is 2.20. The van der Waals surface area contributed by atoms with E-state index in [4.69, 9.17) is 0 Å². The number of benzene rings is 2. The van der Waals surface area contributed by atoms with Gasteiger partial charge in [0.05, 0.1) is 5.56 Å². The average Bonchev–Trinajstić information content (AvgIpc) is 2.56. The Kier molecular flexibility index (Phi) is 6.09. The van der Waals surface area contributed by atoms with Crippen LogP contribution in [-0.4, -0.2) is 29.8 Å². The second-order valence-electron chi connectivity index (χ2n) is 5.14. The van der Waals surface area contributed by atoms with Gasteiger partial charge in [0, 0.05) is 28.8 Å². The van der Waals surface area contributed by atoms with Gasteiger partial charge < -0.3 is 10.2 Å². The van der Waals surface area contributed by atoms with Gasteiger partial charge >= 0.3 is 0 Å². The monoisotopic (exact) mass is 392 g/mol. The molecule has 0 bridgehead atoms. The fourth-order valence-electron chi connectivity index (χ4n) is 2.30. The zero-order valence-corrected chi connectivity index (χ0v) is 15.1. The zero-order valence-electron chi connectivity index (χ0n) is 13.5. The van der Waals surface area contributed by atoms with Crippen LogP contribution in [0.15, 0.2) is 46.9 Å². The van der Waals surface area contributed by atoms with Gasteiger partial charge in [-0.25, -0.2) is 4.39 Å². The van der Waals surface area contributed by atoms with Crippen LogP contribution < -0.4 is 5.32 Å². The van der Waals surface area contributed by atoms with Gasteiger partial charge in [-0.05, 0) is 50.2 Å². The van der Waals surface area contributed by atoms with Crippen LogP contribution in [0.25, 0.3) is 0 Å². The molecule has 0 aromatic heterocycles. The first-order valence-corrected chi connectivity index (χ1v) is 8.41. The number of rotatable bonds is 5. The number of halogens is 2. The molecule has 0 aliphatic rings. The summed E-state index contributed by atoms with van der Waals surface area (Å²) in [4.78, 5) is 26.3. The first kappa shape index (κ1) is 18.1. The summed E-state index contributed by atoms with van der Waals surface area (Å²) in [5, 5.41) is 2.62. The van der Waals surface area contributed by atoms with Crippen LogP contribution in [0.5, 0.6) is 0 Å². The molecule has 0 heterocycles. The van der Waals surface area contributed by atoms with Gasteiger partial charge in [0.25, 0.3) is 11.8 Å². The molecule has 0 atom stereocenters. The maximum atomic E-state index is 13.9. The molecule has 0 saturated heterocycles. The number of hydrogen-bond acceptors (Lipinski definition) is 2. The Morgan fingerprint density at radius 1 is 1.12 bits per heavy atom. The van der Waals surface area contributed by atoms with Gasteiger partial charge in [-0.3, -0.25) is 9.59 Å². The predicted octanol–water partition coefficient (Wildman–Crippen LogP) is 4.32. The van der Waals surface area contributed by atoms with E-state index in [1.54, 1.807) is 35.2 Å². The van der Waals surface area contributed by atoms with E-state index in [-0.39, 0.29) is 11.5 Å². The van der Waals surface area contributed by atoms with Crippen LogP contribution in [0.3, 0.4) is 0 Å². The Labute approximate surface area is 148 Å². The SMILES string of the molecule is CCN(CC)C(=O)c1cccc(NC(=O)c2ccc(Br)cc2F)c1. The molecule has 2 rings (SSSR count). The largest absolute Gasteiger partial charge is 0.339 e. The van der Waals surface area contributed by atoms with Gasteiger partial charge in [-0.1, -0.05) is 22.0 Å². The van der Waals surface area contributed by atoms with Gasteiger partial charge in [-0.15, -0.1) is 0 Å². The molecule has 2 amide bonds. The molecule has 1 N–H and O–H groups in total. The second-order valence-corrected chi connectivity index (χ2v) is 6.05. The van der Waals surface area contributed by atoms with Crippen LogP contribution in [-0.2, 0) is 0 Å². The van der Waals surface area contributed by atoms with E-state index < -0.39 is 11.7 Å². The fraction of sp³-hybridized carbons (Fsp3) is 0.222. The number of nitrogens with zero attached hydrogens (tertiary/aromatic N) is 1. The first-order chi connectivity index (χ1) is 11.5. The second kappa shape index (κ2) is 8.06. The van der Waals surface area contributed by atoms with Crippen molar-refractivity contribution in [3.8, 4) is 0 Å². The lowest BCUT2D eigenvalue weighted by atomic mass is 10.1. The Bertz CT molecular complexity index is 760. The Morgan fingerprint density at radius 3 is 2.46 bits per heavy atom. The number of nitrogens with one attached hydrogen (secondary N) is 1. The van der Waals surface area contributed by atoms with Crippen LogP contribution >= 0.6 is 15.9 Å². The Morgan fingerprint density at radius 2 is 1.83 bits per heavy atom. The molecule has 4 nitrogen and oxygen atoms in total. The third kappa shape index (κ3) is 4.20. The number of carbonyl (C=O) groups is 2. The lowest BCUT2D eigenvalue weighted by Gasteiger charge is -2.19. The van der Waals surface area contributed by atoms with E-state index in [1.165, 1.54) is 12.1 Å². The normalized spacial score (nSPS) is 10.3. The molecule has 0 fully saturated rings. The van der Waals surface area contributed by atoms with Crippen molar-refractivity contribution in [3.63, 3.8) is 0 Å². The van der Waals surface area contributed by atoms with Crippen LogP contribution in [0.1, 0.15) is 34.6 Å². The lowest BCUT2D eigenvalue weighted by Crippen LogP contribution is -2.30. The highest BCUT2D eigenvalue weighted by atomic mass is 79.9. The van der Waals surface area contributed by atoms with Crippen molar-refractivity contribution in [3.05, 3.63) is 63.9 Å². The maximum Gasteiger partial charge on any atom is 0.258 e. The highest BCUT2D eigenvalue weighted by Gasteiger charge is 2.15. The van der Waals surface area contributed by atoms with E-state index in [0.29, 0.717) is 28.8 Å². The smallest absolute Gasteiger partial charge is 0.258 e. The van der Waals surface area contributed by atoms with Gasteiger partial charge in [0.2, 0.25) is 0 Å². The lowest BCUT2D eigenvalue weighted by molar-refractivity contribution is 0.0772. The highest BCUT2D eigenvalue weighted by molar-refractivity contribution is 9.10. The minimum absolute atomic E-state index is 0.0568. The number of carbonyl (C=O) groups excluding carboxylic acids is 2. The summed E-state index contributed by atoms with van der Waals surface area (Å²) in [5.41, 5.74) is 0.867. The van der Waals surface area contributed by atoms with E-state index >= 15 is 0 Å². The number of hydrogen-bond donors (Lipinski definition) is 1. The van der Waals surface area contributed by atoms with E-state index in [1.807, 2.05) is 13.8 Å². The summed E-state index contributed by atoms with van der Waals surface area (Å²) >= 11 is 3.15. The van der Waals surface area contributed by atoms with Crippen molar-refractivity contribution in [1.82, 2.24) is 4.90 Å². The highest BCUT2D eigenvalue weighted by Crippen LogP contribution is 2.18. The summed E-state index contributed by atoms with van der Waals surface area (Å²) in [6.45, 7) is 5.03. The van der Waals surface area contributed by atoms with Crippen LogP contribution in [0.4, 0.5) is 10.1 Å². The maximum absolute atomic E-state index is 13.9. The van der Waals surface area contributed by atoms with E-state index in [9.17, 15) is 14.0 Å². The third-order valence-electron chi connectivity index (χ3n) is 3.59. The van der Waals surface area contributed by atoms with Crippen molar-refractivity contribution in [2.45, 2.75) is 13.8 Å². The Hall–Kier alpha value is -2.21. The van der Waals surface area contributed by atoms with Crippen LogP contribution in [0, 0.1) is 5.82 Å². The summed E-state index contributed by atoms with van der Waals surface area (Å²) < 4.78 is 14.4. The quantitative estimate of drug-likeness (QED) is 0.823. The molecule has 6 heteroatoms. The average molecular weight is 393 g/mol. The molecule has 0 spiro atoms. The van der Waals surface area contributed by atoms with Gasteiger partial charge in [0.15, 0.2) is 0 Å². The molecular weight excluding hydrogens is 375 g/mol. The van der Waals surface area contributed by atoms with Gasteiger partial charge in [0.1, 0.15) is 5.82 Å². The predicted molar refractivity (Wildman–Crippen MR) is 95.7 cm³/mol. The molecule has 0 aliphatic carbocycles. The van der Waals surface area contributed by atoms with Crippen molar-refractivity contribution < 1.29 is 14.0 Å². The molecule has 0 saturated carbocycles. The minimum Gasteiger partial charge on any atom is -0.339 e. The molecule has 0 radical (unpaired) electrons. The summed E-state index contributed by atoms with van der Waals surface area (Å²) in [7, 11) is 0. The fourth-order valence-corrected chi connectivity index (χ4v) is 2.63. The van der Waals surface area contributed by atoms with Crippen LogP contribution in [0.2, 0.25) is 0 Å². The van der Waals surface area contributed by atoms with Gasteiger partial charge in [-0.2, -0.15) is 0 Å². The molecular formula is C18H18BrFN2O2. The van der Waals surface area contributed by atoms with Crippen molar-refractivity contribution >= 4 is 33.4 Å². The minimum atomic E-state index is -0.614. The van der Waals surface area contributed by atoms with Crippen molar-refractivity contribution in [2.75, 3.05) is 18.4 Å². The van der Waals surface area contributed by atoms with Crippen molar-refractivity contribution in [2.24, 2.45) is 0 Å². The zero-order chi connectivity index (χ0) is 17.7. The summed E-state index contributed by atoms with van der Waals surface area (Å²) in [5.74, 6) is -1.28. The standard InChI is InChI=1S/C18H18BrFN2O2/c1-3-22(4-2)18(24)12-6-5-7-14(10-12)21-17(23)15-9-8-13(19)11-16(15)20/h5-11H,3-4H2,1-2H3,(H,21,23). The molecule has 126 valence electrons. The first-order valence-electron chi connectivity index (χ1n) is 7.62. The number of amides is 2. The molecule has 0 unspecified atom stereocenters. The molecule has 2 aromatic rings. The van der Waals surface area contributed by atoms with Crippen molar-refractivity contribution in [1.29, 1.82) is 0 Å².